The number of carboxylic acid groups (broad SMARTS) is 1. The van der Waals surface area contributed by atoms with E-state index in [-0.39, 0.29) is 18.1 Å². The monoisotopic (exact) mass is 286 g/mol. The van der Waals surface area contributed by atoms with Crippen LogP contribution in [-0.4, -0.2) is 54.4 Å². The molecule has 1 heterocycles. The van der Waals surface area contributed by atoms with E-state index in [1.54, 1.807) is 4.90 Å². The van der Waals surface area contributed by atoms with Gasteiger partial charge in [0.1, 0.15) is 0 Å². The SMILES string of the molecule is CC(C)OCCCCNC(=O)N1CC(C)C(C(=O)O)C1. The average molecular weight is 286 g/mol. The fraction of sp³-hybridized carbons (Fsp3) is 0.857. The molecule has 2 atom stereocenters. The summed E-state index contributed by atoms with van der Waals surface area (Å²) >= 11 is 0. The molecule has 0 radical (unpaired) electrons. The Bertz CT molecular complexity index is 333. The molecule has 116 valence electrons. The second kappa shape index (κ2) is 8.09. The molecule has 2 unspecified atom stereocenters. The van der Waals surface area contributed by atoms with Crippen LogP contribution < -0.4 is 5.32 Å². The Kier molecular flexibility index (Phi) is 6.78. The van der Waals surface area contributed by atoms with Crippen molar-refractivity contribution in [3.8, 4) is 0 Å². The van der Waals surface area contributed by atoms with Gasteiger partial charge in [0.05, 0.1) is 12.0 Å². The molecule has 1 aliphatic rings. The number of nitrogens with zero attached hydrogens (tertiary/aromatic N) is 1. The van der Waals surface area contributed by atoms with E-state index in [9.17, 15) is 9.59 Å². The number of likely N-dealkylation sites (tertiary alicyclic amines) is 1. The van der Waals surface area contributed by atoms with Crippen molar-refractivity contribution < 1.29 is 19.4 Å². The molecule has 20 heavy (non-hydrogen) atoms. The van der Waals surface area contributed by atoms with Gasteiger partial charge in [-0.05, 0) is 32.6 Å². The number of carbonyl (C=O) groups excluding carboxylic acids is 1. The minimum absolute atomic E-state index is 0.0118. The van der Waals surface area contributed by atoms with Gasteiger partial charge in [-0.2, -0.15) is 0 Å². The van der Waals surface area contributed by atoms with E-state index in [1.807, 2.05) is 20.8 Å². The highest BCUT2D eigenvalue weighted by atomic mass is 16.5. The van der Waals surface area contributed by atoms with Gasteiger partial charge in [-0.15, -0.1) is 0 Å². The zero-order valence-corrected chi connectivity index (χ0v) is 12.6. The Morgan fingerprint density at radius 2 is 2.05 bits per heavy atom. The van der Waals surface area contributed by atoms with Gasteiger partial charge in [0.15, 0.2) is 0 Å². The van der Waals surface area contributed by atoms with Crippen LogP contribution in [0.2, 0.25) is 0 Å². The molecular formula is C14H26N2O4. The number of nitrogens with one attached hydrogen (secondary N) is 1. The molecule has 0 bridgehead atoms. The first-order chi connectivity index (χ1) is 9.41. The minimum Gasteiger partial charge on any atom is -0.481 e. The number of carbonyl (C=O) groups is 2. The highest BCUT2D eigenvalue weighted by Crippen LogP contribution is 2.22. The molecule has 6 heteroatoms. The van der Waals surface area contributed by atoms with Crippen molar-refractivity contribution in [1.29, 1.82) is 0 Å². The van der Waals surface area contributed by atoms with Crippen molar-refractivity contribution in [1.82, 2.24) is 10.2 Å². The van der Waals surface area contributed by atoms with Crippen LogP contribution in [0.5, 0.6) is 0 Å². The molecule has 0 saturated carbocycles. The number of rotatable bonds is 7. The summed E-state index contributed by atoms with van der Waals surface area (Å²) in [7, 11) is 0. The molecule has 2 amide bonds. The van der Waals surface area contributed by atoms with Crippen LogP contribution >= 0.6 is 0 Å². The average Bonchev–Trinajstić information content (AvgIpc) is 2.75. The summed E-state index contributed by atoms with van der Waals surface area (Å²) in [6.45, 7) is 7.98. The third kappa shape index (κ3) is 5.36. The van der Waals surface area contributed by atoms with E-state index >= 15 is 0 Å². The molecule has 2 N–H and O–H groups in total. The molecule has 0 aromatic carbocycles. The van der Waals surface area contributed by atoms with E-state index in [0.717, 1.165) is 12.8 Å². The summed E-state index contributed by atoms with van der Waals surface area (Å²) < 4.78 is 5.41. The maximum atomic E-state index is 11.9. The Morgan fingerprint density at radius 1 is 1.35 bits per heavy atom. The van der Waals surface area contributed by atoms with E-state index in [2.05, 4.69) is 5.32 Å². The van der Waals surface area contributed by atoms with Gasteiger partial charge in [-0.1, -0.05) is 6.92 Å². The molecule has 0 spiro atoms. The Balaban J connectivity index is 2.16. The zero-order chi connectivity index (χ0) is 15.1. The second-order valence-electron chi connectivity index (χ2n) is 5.69. The number of amides is 2. The lowest BCUT2D eigenvalue weighted by Gasteiger charge is -2.16. The quantitative estimate of drug-likeness (QED) is 0.696. The van der Waals surface area contributed by atoms with Gasteiger partial charge in [0.25, 0.3) is 0 Å². The lowest BCUT2D eigenvalue weighted by atomic mass is 9.99. The summed E-state index contributed by atoms with van der Waals surface area (Å²) in [6.07, 6.45) is 2.01. The summed E-state index contributed by atoms with van der Waals surface area (Å²) in [5, 5.41) is 11.9. The van der Waals surface area contributed by atoms with Crippen molar-refractivity contribution >= 4 is 12.0 Å². The summed E-state index contributed by atoms with van der Waals surface area (Å²) in [5.74, 6) is -1.25. The van der Waals surface area contributed by atoms with Gasteiger partial charge < -0.3 is 20.1 Å². The first kappa shape index (κ1) is 16.8. The van der Waals surface area contributed by atoms with Crippen LogP contribution in [0, 0.1) is 11.8 Å². The number of hydrogen-bond donors (Lipinski definition) is 2. The molecular weight excluding hydrogens is 260 g/mol. The Labute approximate surface area is 120 Å². The van der Waals surface area contributed by atoms with Crippen LogP contribution in [0.25, 0.3) is 0 Å². The van der Waals surface area contributed by atoms with E-state index in [1.165, 1.54) is 0 Å². The van der Waals surface area contributed by atoms with Gasteiger partial charge in [0, 0.05) is 26.2 Å². The predicted octanol–water partition coefficient (Wildman–Crippen LogP) is 1.55. The minimum atomic E-state index is -0.821. The molecule has 1 aliphatic heterocycles. The van der Waals surface area contributed by atoms with Gasteiger partial charge in [0.2, 0.25) is 0 Å². The lowest BCUT2D eigenvalue weighted by molar-refractivity contribution is -0.142. The Morgan fingerprint density at radius 3 is 2.60 bits per heavy atom. The van der Waals surface area contributed by atoms with Crippen LogP contribution in [0.1, 0.15) is 33.6 Å². The number of aliphatic carboxylic acids is 1. The molecule has 0 aromatic heterocycles. The van der Waals surface area contributed by atoms with Gasteiger partial charge in [-0.25, -0.2) is 4.79 Å². The zero-order valence-electron chi connectivity index (χ0n) is 12.6. The molecule has 0 aromatic rings. The van der Waals surface area contributed by atoms with Crippen molar-refractivity contribution in [2.45, 2.75) is 39.7 Å². The predicted molar refractivity (Wildman–Crippen MR) is 75.6 cm³/mol. The van der Waals surface area contributed by atoms with Crippen molar-refractivity contribution in [3.63, 3.8) is 0 Å². The number of carboxylic acids is 1. The van der Waals surface area contributed by atoms with Crippen LogP contribution in [0.3, 0.4) is 0 Å². The normalized spacial score (nSPS) is 22.3. The van der Waals surface area contributed by atoms with E-state index < -0.39 is 11.9 Å². The largest absolute Gasteiger partial charge is 0.481 e. The number of ether oxygens (including phenoxy) is 1. The van der Waals surface area contributed by atoms with Gasteiger partial charge in [-0.3, -0.25) is 4.79 Å². The fourth-order valence-corrected chi connectivity index (χ4v) is 2.31. The standard InChI is InChI=1S/C14H26N2O4/c1-10(2)20-7-5-4-6-15-14(19)16-8-11(3)12(9-16)13(17)18/h10-12H,4-9H2,1-3H3,(H,15,19)(H,17,18). The first-order valence-electron chi connectivity index (χ1n) is 7.29. The number of urea groups is 1. The second-order valence-corrected chi connectivity index (χ2v) is 5.69. The van der Waals surface area contributed by atoms with Crippen molar-refractivity contribution in [2.24, 2.45) is 11.8 Å². The van der Waals surface area contributed by atoms with Gasteiger partial charge >= 0.3 is 12.0 Å². The third-order valence-corrected chi connectivity index (χ3v) is 3.52. The highest BCUT2D eigenvalue weighted by Gasteiger charge is 2.36. The smallest absolute Gasteiger partial charge is 0.317 e. The topological polar surface area (TPSA) is 78.9 Å². The summed E-state index contributed by atoms with van der Waals surface area (Å²) in [4.78, 5) is 24.5. The summed E-state index contributed by atoms with van der Waals surface area (Å²) in [5.41, 5.74) is 0. The molecule has 6 nitrogen and oxygen atoms in total. The number of unbranched alkanes of at least 4 members (excludes halogenated alkanes) is 1. The van der Waals surface area contributed by atoms with Crippen LogP contribution in [-0.2, 0) is 9.53 Å². The van der Waals surface area contributed by atoms with E-state index in [0.29, 0.717) is 26.2 Å². The maximum Gasteiger partial charge on any atom is 0.317 e. The Hall–Kier alpha value is -1.30. The summed E-state index contributed by atoms with van der Waals surface area (Å²) in [6, 6.07) is -0.162. The first-order valence-corrected chi connectivity index (χ1v) is 7.29. The molecule has 1 fully saturated rings. The van der Waals surface area contributed by atoms with Crippen molar-refractivity contribution in [3.05, 3.63) is 0 Å². The number of hydrogen-bond acceptors (Lipinski definition) is 3. The van der Waals surface area contributed by atoms with Crippen LogP contribution in [0.4, 0.5) is 4.79 Å². The lowest BCUT2D eigenvalue weighted by Crippen LogP contribution is -2.39. The molecule has 1 saturated heterocycles. The van der Waals surface area contributed by atoms with Crippen LogP contribution in [0.15, 0.2) is 0 Å². The molecule has 1 rings (SSSR count). The highest BCUT2D eigenvalue weighted by molar-refractivity contribution is 5.77. The third-order valence-electron chi connectivity index (χ3n) is 3.52. The van der Waals surface area contributed by atoms with E-state index in [4.69, 9.17) is 9.84 Å². The fourth-order valence-electron chi connectivity index (χ4n) is 2.31. The van der Waals surface area contributed by atoms with Crippen molar-refractivity contribution in [2.75, 3.05) is 26.2 Å². The maximum absolute atomic E-state index is 11.9. The molecule has 0 aliphatic carbocycles.